The number of aromatic nitrogens is 3. The molecule has 1 saturated carbocycles. The van der Waals surface area contributed by atoms with Crippen molar-refractivity contribution in [3.05, 3.63) is 42.1 Å². The molecule has 1 fully saturated rings. The van der Waals surface area contributed by atoms with Gasteiger partial charge in [-0.1, -0.05) is 11.6 Å². The van der Waals surface area contributed by atoms with E-state index >= 15 is 0 Å². The second-order valence-electron chi connectivity index (χ2n) is 5.65. The van der Waals surface area contributed by atoms with Gasteiger partial charge in [-0.15, -0.1) is 0 Å². The minimum absolute atomic E-state index is 0.116. The molecule has 0 spiro atoms. The summed E-state index contributed by atoms with van der Waals surface area (Å²) in [5, 5.41) is 6.28. The number of pyridine rings is 1. The Hall–Kier alpha value is -2.28. The van der Waals surface area contributed by atoms with Crippen molar-refractivity contribution in [2.75, 3.05) is 13.2 Å². The van der Waals surface area contributed by atoms with Crippen LogP contribution in [0.15, 0.2) is 37.1 Å². The minimum atomic E-state index is -0.192. The summed E-state index contributed by atoms with van der Waals surface area (Å²) in [6, 6.07) is 3.63. The molecule has 2 atom stereocenters. The molecule has 0 radical (unpaired) electrons. The summed E-state index contributed by atoms with van der Waals surface area (Å²) in [7, 11) is 0. The van der Waals surface area contributed by atoms with Crippen LogP contribution in [0.25, 0.3) is 0 Å². The van der Waals surface area contributed by atoms with E-state index in [1.165, 1.54) is 0 Å². The lowest BCUT2D eigenvalue weighted by Gasteiger charge is -2.22. The van der Waals surface area contributed by atoms with E-state index in [4.69, 9.17) is 16.3 Å². The summed E-state index contributed by atoms with van der Waals surface area (Å²) >= 11 is 5.95. The Kier molecular flexibility index (Phi) is 5.53. The van der Waals surface area contributed by atoms with Gasteiger partial charge in [-0.05, 0) is 31.4 Å². The van der Waals surface area contributed by atoms with Gasteiger partial charge in [0, 0.05) is 18.6 Å². The van der Waals surface area contributed by atoms with Crippen LogP contribution in [0.2, 0.25) is 5.02 Å². The van der Waals surface area contributed by atoms with E-state index in [2.05, 4.69) is 25.2 Å². The lowest BCUT2D eigenvalue weighted by molar-refractivity contribution is 0.229. The lowest BCUT2D eigenvalue weighted by Crippen LogP contribution is -2.45. The third-order valence-electron chi connectivity index (χ3n) is 4.05. The molecule has 0 bridgehead atoms. The van der Waals surface area contributed by atoms with E-state index in [0.717, 1.165) is 19.3 Å². The number of carbonyl (C=O) groups is 1. The van der Waals surface area contributed by atoms with Gasteiger partial charge in [0.15, 0.2) is 0 Å². The van der Waals surface area contributed by atoms with Gasteiger partial charge in [0.25, 0.3) is 0 Å². The predicted octanol–water partition coefficient (Wildman–Crippen LogP) is 2.40. The van der Waals surface area contributed by atoms with Crippen LogP contribution in [0.4, 0.5) is 4.79 Å². The molecule has 0 saturated heterocycles. The van der Waals surface area contributed by atoms with Crippen LogP contribution < -0.4 is 15.4 Å². The van der Waals surface area contributed by atoms with Crippen molar-refractivity contribution in [3.8, 4) is 5.88 Å². The van der Waals surface area contributed by atoms with E-state index in [0.29, 0.717) is 24.1 Å². The first kappa shape index (κ1) is 16.6. The Morgan fingerprint density at radius 1 is 1.42 bits per heavy atom. The molecule has 0 aliphatic heterocycles. The van der Waals surface area contributed by atoms with Crippen molar-refractivity contribution < 1.29 is 9.53 Å². The maximum absolute atomic E-state index is 12.0. The molecule has 3 rings (SSSR count). The van der Waals surface area contributed by atoms with E-state index < -0.39 is 0 Å². The monoisotopic (exact) mass is 349 g/mol. The Morgan fingerprint density at radius 3 is 3.12 bits per heavy atom. The first-order valence-electron chi connectivity index (χ1n) is 7.99. The fraction of sp³-hybridized carbons (Fsp3) is 0.438. The van der Waals surface area contributed by atoms with Crippen LogP contribution in [0.1, 0.15) is 25.3 Å². The fourth-order valence-electron chi connectivity index (χ4n) is 2.94. The Labute approximate surface area is 145 Å². The molecule has 8 heteroatoms. The Balaban J connectivity index is 1.40. The van der Waals surface area contributed by atoms with Crippen LogP contribution in [0.5, 0.6) is 5.88 Å². The molecular formula is C16H20ClN5O2. The second kappa shape index (κ2) is 8.01. The SMILES string of the molecule is O=C(NCCOc1ncccc1Cl)N[C@@H]1CCC[C@@H]1n1ccnc1. The standard InChI is InChI=1S/C16H20ClN5O2/c17-12-3-2-6-19-15(12)24-10-8-20-16(23)21-13-4-1-5-14(13)22-9-7-18-11-22/h2-3,6-7,9,11,13-14H,1,4-5,8,10H2,(H2,20,21,23)/t13-,14+/m1/s1. The molecule has 2 amide bonds. The van der Waals surface area contributed by atoms with Gasteiger partial charge in [0.2, 0.25) is 5.88 Å². The lowest BCUT2D eigenvalue weighted by atomic mass is 10.2. The molecule has 128 valence electrons. The van der Waals surface area contributed by atoms with Crippen LogP contribution in [0.3, 0.4) is 0 Å². The number of nitrogens with zero attached hydrogens (tertiary/aromatic N) is 3. The fourth-order valence-corrected chi connectivity index (χ4v) is 3.12. The number of hydrogen-bond donors (Lipinski definition) is 2. The number of rotatable bonds is 6. The van der Waals surface area contributed by atoms with Gasteiger partial charge < -0.3 is 19.9 Å². The number of carbonyl (C=O) groups excluding carboxylic acids is 1. The normalized spacial score (nSPS) is 19.9. The van der Waals surface area contributed by atoms with Crippen LogP contribution >= 0.6 is 11.6 Å². The summed E-state index contributed by atoms with van der Waals surface area (Å²) in [5.41, 5.74) is 0. The summed E-state index contributed by atoms with van der Waals surface area (Å²) in [6.07, 6.45) is 10.2. The largest absolute Gasteiger partial charge is 0.475 e. The predicted molar refractivity (Wildman–Crippen MR) is 90.2 cm³/mol. The molecular weight excluding hydrogens is 330 g/mol. The van der Waals surface area contributed by atoms with E-state index in [1.54, 1.807) is 30.9 Å². The van der Waals surface area contributed by atoms with Crippen LogP contribution in [-0.2, 0) is 0 Å². The van der Waals surface area contributed by atoms with Gasteiger partial charge in [-0.3, -0.25) is 0 Å². The highest BCUT2D eigenvalue weighted by Crippen LogP contribution is 2.29. The van der Waals surface area contributed by atoms with Gasteiger partial charge >= 0.3 is 6.03 Å². The topological polar surface area (TPSA) is 81.1 Å². The number of amides is 2. The number of urea groups is 1. The summed E-state index contributed by atoms with van der Waals surface area (Å²) in [6.45, 7) is 0.682. The average Bonchev–Trinajstić information content (AvgIpc) is 3.24. The summed E-state index contributed by atoms with van der Waals surface area (Å²) in [4.78, 5) is 20.2. The number of halogens is 1. The number of hydrogen-bond acceptors (Lipinski definition) is 4. The van der Waals surface area contributed by atoms with Gasteiger partial charge in [0.1, 0.15) is 11.6 Å². The molecule has 0 aromatic carbocycles. The second-order valence-corrected chi connectivity index (χ2v) is 6.06. The quantitative estimate of drug-likeness (QED) is 0.785. The number of nitrogens with one attached hydrogen (secondary N) is 2. The van der Waals surface area contributed by atoms with Crippen LogP contribution in [0, 0.1) is 0 Å². The highest BCUT2D eigenvalue weighted by molar-refractivity contribution is 6.31. The van der Waals surface area contributed by atoms with E-state index in [9.17, 15) is 4.79 Å². The van der Waals surface area contributed by atoms with Gasteiger partial charge in [0.05, 0.1) is 25.0 Å². The van der Waals surface area contributed by atoms with Crippen molar-refractivity contribution in [1.82, 2.24) is 25.2 Å². The van der Waals surface area contributed by atoms with Gasteiger partial charge in [-0.2, -0.15) is 0 Å². The minimum Gasteiger partial charge on any atom is -0.475 e. The van der Waals surface area contributed by atoms with Gasteiger partial charge in [-0.25, -0.2) is 14.8 Å². The third kappa shape index (κ3) is 4.17. The highest BCUT2D eigenvalue weighted by Gasteiger charge is 2.29. The smallest absolute Gasteiger partial charge is 0.315 e. The summed E-state index contributed by atoms with van der Waals surface area (Å²) in [5.74, 6) is 0.373. The molecule has 2 heterocycles. The zero-order valence-corrected chi connectivity index (χ0v) is 13.9. The zero-order valence-electron chi connectivity index (χ0n) is 13.2. The number of imidazole rings is 1. The van der Waals surface area contributed by atoms with Crippen molar-refractivity contribution in [2.24, 2.45) is 0 Å². The first-order valence-corrected chi connectivity index (χ1v) is 8.37. The number of ether oxygens (including phenoxy) is 1. The average molecular weight is 350 g/mol. The molecule has 1 aliphatic carbocycles. The molecule has 0 unspecified atom stereocenters. The maximum Gasteiger partial charge on any atom is 0.315 e. The molecule has 1 aliphatic rings. The van der Waals surface area contributed by atoms with Crippen molar-refractivity contribution in [2.45, 2.75) is 31.3 Å². The Morgan fingerprint density at radius 2 is 2.33 bits per heavy atom. The molecule has 2 N–H and O–H groups in total. The first-order chi connectivity index (χ1) is 11.7. The molecule has 2 aromatic rings. The summed E-state index contributed by atoms with van der Waals surface area (Å²) < 4.78 is 7.50. The van der Waals surface area contributed by atoms with E-state index in [-0.39, 0.29) is 18.1 Å². The van der Waals surface area contributed by atoms with Crippen molar-refractivity contribution >= 4 is 17.6 Å². The van der Waals surface area contributed by atoms with Crippen molar-refractivity contribution in [3.63, 3.8) is 0 Å². The molecule has 2 aromatic heterocycles. The third-order valence-corrected chi connectivity index (χ3v) is 4.34. The maximum atomic E-state index is 12.0. The zero-order chi connectivity index (χ0) is 16.8. The van der Waals surface area contributed by atoms with E-state index in [1.807, 2.05) is 6.20 Å². The highest BCUT2D eigenvalue weighted by atomic mass is 35.5. The Bertz CT molecular complexity index is 664. The van der Waals surface area contributed by atoms with Crippen LogP contribution in [-0.4, -0.2) is 39.8 Å². The molecule has 7 nitrogen and oxygen atoms in total. The molecule has 24 heavy (non-hydrogen) atoms. The van der Waals surface area contributed by atoms with Crippen molar-refractivity contribution in [1.29, 1.82) is 0 Å².